The molecular weight excluding hydrogens is 290 g/mol. The Morgan fingerprint density at radius 2 is 1.61 bits per heavy atom. The Labute approximate surface area is 116 Å². The zero-order valence-corrected chi connectivity index (χ0v) is 11.7. The van der Waals surface area contributed by atoms with Crippen LogP contribution in [0, 0.1) is 0 Å². The van der Waals surface area contributed by atoms with Gasteiger partial charge >= 0.3 is 0 Å². The summed E-state index contributed by atoms with van der Waals surface area (Å²) in [5.74, 6) is 0.885. The molecule has 0 heterocycles. The van der Waals surface area contributed by atoms with Gasteiger partial charge in [-0.25, -0.2) is 0 Å². The fraction of sp³-hybridized carbons (Fsp3) is 0.200. The van der Waals surface area contributed by atoms with E-state index in [9.17, 15) is 0 Å². The lowest BCUT2D eigenvalue weighted by atomic mass is 10.1. The Kier molecular flexibility index (Phi) is 4.79. The van der Waals surface area contributed by atoms with E-state index in [0.717, 1.165) is 22.2 Å². The van der Waals surface area contributed by atoms with Crippen molar-refractivity contribution in [1.29, 1.82) is 0 Å². The zero-order valence-electron chi connectivity index (χ0n) is 10.1. The molecule has 0 aliphatic rings. The molecule has 94 valence electrons. The van der Waals surface area contributed by atoms with Gasteiger partial charge in [0.1, 0.15) is 5.75 Å². The summed E-state index contributed by atoms with van der Waals surface area (Å²) in [6.07, 6.45) is 0.895. The van der Waals surface area contributed by atoms with E-state index < -0.39 is 0 Å². The molecule has 0 unspecified atom stereocenters. The Bertz CT molecular complexity index is 496. The van der Waals surface area contributed by atoms with Gasteiger partial charge in [0, 0.05) is 13.0 Å². The van der Waals surface area contributed by atoms with Gasteiger partial charge in [-0.15, -0.1) is 0 Å². The van der Waals surface area contributed by atoms with Crippen molar-refractivity contribution in [3.8, 4) is 5.75 Å². The summed E-state index contributed by atoms with van der Waals surface area (Å²) in [7, 11) is 0. The monoisotopic (exact) mass is 305 g/mol. The van der Waals surface area contributed by atoms with Crippen molar-refractivity contribution in [3.05, 3.63) is 64.1 Å². The van der Waals surface area contributed by atoms with Crippen LogP contribution in [0.5, 0.6) is 5.75 Å². The highest BCUT2D eigenvalue weighted by Gasteiger charge is 1.99. The van der Waals surface area contributed by atoms with Crippen molar-refractivity contribution in [2.24, 2.45) is 5.73 Å². The molecule has 0 bridgehead atoms. The molecule has 18 heavy (non-hydrogen) atoms. The van der Waals surface area contributed by atoms with Gasteiger partial charge in [0.2, 0.25) is 0 Å². The molecule has 0 aliphatic heterocycles. The highest BCUT2D eigenvalue weighted by atomic mass is 79.9. The Hall–Kier alpha value is -1.32. The molecule has 2 nitrogen and oxygen atoms in total. The Morgan fingerprint density at radius 1 is 0.944 bits per heavy atom. The first-order valence-electron chi connectivity index (χ1n) is 5.95. The largest absolute Gasteiger partial charge is 0.492 e. The lowest BCUT2D eigenvalue weighted by Crippen LogP contribution is -2.02. The second kappa shape index (κ2) is 6.57. The fourth-order valence-electron chi connectivity index (χ4n) is 1.68. The summed E-state index contributed by atoms with van der Waals surface area (Å²) >= 11 is 3.46. The predicted octanol–water partition coefficient (Wildman–Crippen LogP) is 3.53. The standard InChI is InChI=1S/C15H16BrNO/c16-14-3-1-2-4-15(14)18-10-9-12-5-7-13(11-17)8-6-12/h1-8H,9-11,17H2. The topological polar surface area (TPSA) is 35.2 Å². The highest BCUT2D eigenvalue weighted by molar-refractivity contribution is 9.10. The first-order chi connectivity index (χ1) is 8.79. The number of hydrogen-bond acceptors (Lipinski definition) is 2. The minimum atomic E-state index is 0.591. The predicted molar refractivity (Wildman–Crippen MR) is 77.7 cm³/mol. The number of halogens is 1. The van der Waals surface area contributed by atoms with Crippen LogP contribution in [0.15, 0.2) is 53.0 Å². The van der Waals surface area contributed by atoms with Gasteiger partial charge in [-0.3, -0.25) is 0 Å². The van der Waals surface area contributed by atoms with Crippen molar-refractivity contribution >= 4 is 15.9 Å². The van der Waals surface area contributed by atoms with Crippen molar-refractivity contribution in [3.63, 3.8) is 0 Å². The summed E-state index contributed by atoms with van der Waals surface area (Å²) in [6.45, 7) is 1.26. The summed E-state index contributed by atoms with van der Waals surface area (Å²) < 4.78 is 6.72. The minimum Gasteiger partial charge on any atom is -0.492 e. The molecule has 2 N–H and O–H groups in total. The molecule has 0 atom stereocenters. The molecule has 0 amide bonds. The molecule has 3 heteroatoms. The van der Waals surface area contributed by atoms with E-state index in [4.69, 9.17) is 10.5 Å². The molecule has 0 aromatic heterocycles. The average molecular weight is 306 g/mol. The van der Waals surface area contributed by atoms with E-state index in [1.54, 1.807) is 0 Å². The summed E-state index contributed by atoms with van der Waals surface area (Å²) in [5.41, 5.74) is 7.98. The maximum Gasteiger partial charge on any atom is 0.133 e. The second-order valence-electron chi connectivity index (χ2n) is 4.05. The Morgan fingerprint density at radius 3 is 2.28 bits per heavy atom. The van der Waals surface area contributed by atoms with E-state index in [1.807, 2.05) is 24.3 Å². The van der Waals surface area contributed by atoms with E-state index in [-0.39, 0.29) is 0 Å². The van der Waals surface area contributed by atoms with Gasteiger partial charge in [0.25, 0.3) is 0 Å². The molecule has 0 saturated heterocycles. The van der Waals surface area contributed by atoms with Crippen LogP contribution in [0.25, 0.3) is 0 Å². The fourth-order valence-corrected chi connectivity index (χ4v) is 2.08. The summed E-state index contributed by atoms with van der Waals surface area (Å²) in [4.78, 5) is 0. The van der Waals surface area contributed by atoms with Crippen molar-refractivity contribution in [2.45, 2.75) is 13.0 Å². The Balaban J connectivity index is 1.86. The smallest absolute Gasteiger partial charge is 0.133 e. The molecule has 0 aliphatic carbocycles. The third kappa shape index (κ3) is 3.59. The summed E-state index contributed by atoms with van der Waals surface area (Å²) in [6, 6.07) is 16.2. The van der Waals surface area contributed by atoms with Gasteiger partial charge < -0.3 is 10.5 Å². The van der Waals surface area contributed by atoms with Crippen LogP contribution in [-0.2, 0) is 13.0 Å². The maximum atomic E-state index is 5.73. The van der Waals surface area contributed by atoms with E-state index >= 15 is 0 Å². The molecule has 0 fully saturated rings. The molecule has 0 radical (unpaired) electrons. The lowest BCUT2D eigenvalue weighted by Gasteiger charge is -2.08. The van der Waals surface area contributed by atoms with Crippen molar-refractivity contribution in [2.75, 3.05) is 6.61 Å². The SMILES string of the molecule is NCc1ccc(CCOc2ccccc2Br)cc1. The first kappa shape index (κ1) is 13.1. The van der Waals surface area contributed by atoms with Crippen molar-refractivity contribution in [1.82, 2.24) is 0 Å². The molecule has 0 saturated carbocycles. The number of para-hydroxylation sites is 1. The number of benzene rings is 2. The van der Waals surface area contributed by atoms with Gasteiger partial charge in [-0.2, -0.15) is 0 Å². The van der Waals surface area contributed by atoms with Crippen LogP contribution >= 0.6 is 15.9 Å². The number of ether oxygens (including phenoxy) is 1. The van der Waals surface area contributed by atoms with E-state index in [1.165, 1.54) is 5.56 Å². The molecule has 2 rings (SSSR count). The quantitative estimate of drug-likeness (QED) is 0.917. The lowest BCUT2D eigenvalue weighted by molar-refractivity contribution is 0.320. The third-order valence-electron chi connectivity index (χ3n) is 2.74. The number of nitrogens with two attached hydrogens (primary N) is 1. The van der Waals surface area contributed by atoms with Crippen LogP contribution < -0.4 is 10.5 Å². The molecule has 2 aromatic carbocycles. The number of hydrogen-bond donors (Lipinski definition) is 1. The van der Waals surface area contributed by atoms with Crippen LogP contribution in [0.2, 0.25) is 0 Å². The highest BCUT2D eigenvalue weighted by Crippen LogP contribution is 2.23. The van der Waals surface area contributed by atoms with Gasteiger partial charge in [0.05, 0.1) is 11.1 Å². The van der Waals surface area contributed by atoms with Crippen LogP contribution in [0.4, 0.5) is 0 Å². The normalized spacial score (nSPS) is 10.3. The number of rotatable bonds is 5. The van der Waals surface area contributed by atoms with Gasteiger partial charge in [0.15, 0.2) is 0 Å². The van der Waals surface area contributed by atoms with Crippen LogP contribution in [-0.4, -0.2) is 6.61 Å². The maximum absolute atomic E-state index is 5.73. The van der Waals surface area contributed by atoms with Gasteiger partial charge in [-0.05, 0) is 39.2 Å². The van der Waals surface area contributed by atoms with Gasteiger partial charge in [-0.1, -0.05) is 36.4 Å². The van der Waals surface area contributed by atoms with E-state index in [0.29, 0.717) is 13.2 Å². The average Bonchev–Trinajstić information content (AvgIpc) is 2.42. The minimum absolute atomic E-state index is 0.591. The second-order valence-corrected chi connectivity index (χ2v) is 4.90. The van der Waals surface area contributed by atoms with E-state index in [2.05, 4.69) is 40.2 Å². The van der Waals surface area contributed by atoms with Crippen LogP contribution in [0.3, 0.4) is 0 Å². The molecule has 2 aromatic rings. The molecular formula is C15H16BrNO. The zero-order chi connectivity index (χ0) is 12.8. The first-order valence-corrected chi connectivity index (χ1v) is 6.74. The summed E-state index contributed by atoms with van der Waals surface area (Å²) in [5, 5.41) is 0. The molecule has 0 spiro atoms. The third-order valence-corrected chi connectivity index (χ3v) is 3.40. The van der Waals surface area contributed by atoms with Crippen LogP contribution in [0.1, 0.15) is 11.1 Å². The van der Waals surface area contributed by atoms with Crippen molar-refractivity contribution < 1.29 is 4.74 Å².